The third-order valence-electron chi connectivity index (χ3n) is 2.69. The fourth-order valence-corrected chi connectivity index (χ4v) is 1.86. The van der Waals surface area contributed by atoms with E-state index in [1.807, 2.05) is 12.1 Å². The number of phenols is 1. The Kier molecular flexibility index (Phi) is 4.84. The molecule has 2 aromatic carbocycles. The van der Waals surface area contributed by atoms with Gasteiger partial charge in [0.05, 0.1) is 16.7 Å². The predicted octanol–water partition coefficient (Wildman–Crippen LogP) is 2.83. The van der Waals surface area contributed by atoms with Crippen LogP contribution in [0.5, 0.6) is 5.75 Å². The van der Waals surface area contributed by atoms with Crippen molar-refractivity contribution in [3.05, 3.63) is 68.2 Å². The first-order valence-corrected chi connectivity index (χ1v) is 6.83. The van der Waals surface area contributed by atoms with E-state index < -0.39 is 10.8 Å². The number of hydrogen-bond donors (Lipinski definition) is 2. The van der Waals surface area contributed by atoms with Gasteiger partial charge in [0.1, 0.15) is 5.75 Å². The molecule has 112 valence electrons. The van der Waals surface area contributed by atoms with E-state index in [0.717, 1.165) is 28.2 Å². The first-order valence-electron chi connectivity index (χ1n) is 6.04. The Morgan fingerprint density at radius 3 is 2.59 bits per heavy atom. The number of carbonyl (C=O) groups is 1. The molecule has 0 fully saturated rings. The number of phenolic OH excluding ortho intramolecular Hbond substituents is 1. The summed E-state index contributed by atoms with van der Waals surface area (Å²) >= 11 is 3.30. The van der Waals surface area contributed by atoms with Gasteiger partial charge in [-0.1, -0.05) is 28.1 Å². The summed E-state index contributed by atoms with van der Waals surface area (Å²) in [7, 11) is 0. The van der Waals surface area contributed by atoms with Gasteiger partial charge in [0.25, 0.3) is 11.6 Å². The van der Waals surface area contributed by atoms with Crippen molar-refractivity contribution in [2.45, 2.75) is 0 Å². The number of rotatable bonds is 4. The number of aromatic hydroxyl groups is 1. The highest BCUT2D eigenvalue weighted by Gasteiger charge is 2.15. The Balaban J connectivity index is 2.10. The van der Waals surface area contributed by atoms with Crippen LogP contribution in [0.25, 0.3) is 0 Å². The monoisotopic (exact) mass is 363 g/mol. The van der Waals surface area contributed by atoms with Crippen LogP contribution in [0.3, 0.4) is 0 Å². The molecule has 0 aromatic heterocycles. The van der Waals surface area contributed by atoms with Crippen molar-refractivity contribution in [1.82, 2.24) is 5.43 Å². The number of nitro groups is 1. The Morgan fingerprint density at radius 1 is 1.27 bits per heavy atom. The second kappa shape index (κ2) is 6.81. The van der Waals surface area contributed by atoms with E-state index >= 15 is 0 Å². The van der Waals surface area contributed by atoms with Crippen molar-refractivity contribution in [3.63, 3.8) is 0 Å². The van der Waals surface area contributed by atoms with Crippen molar-refractivity contribution < 1.29 is 14.8 Å². The second-order valence-electron chi connectivity index (χ2n) is 4.21. The number of hydrogen-bond acceptors (Lipinski definition) is 5. The summed E-state index contributed by atoms with van der Waals surface area (Å²) in [6.45, 7) is 0. The first-order chi connectivity index (χ1) is 10.5. The molecule has 0 aliphatic carbocycles. The first kappa shape index (κ1) is 15.6. The highest BCUT2D eigenvalue weighted by atomic mass is 79.9. The fraction of sp³-hybridized carbons (Fsp3) is 0. The van der Waals surface area contributed by atoms with Gasteiger partial charge >= 0.3 is 0 Å². The van der Waals surface area contributed by atoms with Gasteiger partial charge in [-0.2, -0.15) is 5.10 Å². The predicted molar refractivity (Wildman–Crippen MR) is 84.0 cm³/mol. The van der Waals surface area contributed by atoms with E-state index in [9.17, 15) is 20.0 Å². The van der Waals surface area contributed by atoms with E-state index in [-0.39, 0.29) is 17.0 Å². The highest BCUT2D eigenvalue weighted by molar-refractivity contribution is 9.10. The lowest BCUT2D eigenvalue weighted by molar-refractivity contribution is -0.384. The van der Waals surface area contributed by atoms with Crippen LogP contribution in [0, 0.1) is 10.1 Å². The summed E-state index contributed by atoms with van der Waals surface area (Å²) < 4.78 is 0.912. The third-order valence-corrected chi connectivity index (χ3v) is 3.21. The maximum Gasteiger partial charge on any atom is 0.275 e. The molecular weight excluding hydrogens is 354 g/mol. The molecule has 0 aliphatic rings. The van der Waals surface area contributed by atoms with Gasteiger partial charge in [-0.15, -0.1) is 0 Å². The van der Waals surface area contributed by atoms with Gasteiger partial charge in [0.15, 0.2) is 0 Å². The number of halogens is 1. The molecule has 0 saturated carbocycles. The zero-order valence-corrected chi connectivity index (χ0v) is 12.6. The molecule has 0 heterocycles. The van der Waals surface area contributed by atoms with Crippen molar-refractivity contribution in [2.75, 3.05) is 0 Å². The Bertz CT molecular complexity index is 744. The number of non-ortho nitro benzene ring substituents is 1. The lowest BCUT2D eigenvalue weighted by Gasteiger charge is -2.02. The van der Waals surface area contributed by atoms with Crippen LogP contribution in [0.2, 0.25) is 0 Å². The van der Waals surface area contributed by atoms with Crippen molar-refractivity contribution in [1.29, 1.82) is 0 Å². The van der Waals surface area contributed by atoms with Gasteiger partial charge in [0.2, 0.25) is 0 Å². The molecule has 2 rings (SSSR count). The van der Waals surface area contributed by atoms with Crippen LogP contribution in [-0.4, -0.2) is 22.2 Å². The molecule has 0 radical (unpaired) electrons. The molecule has 0 bridgehead atoms. The zero-order valence-electron chi connectivity index (χ0n) is 11.1. The Morgan fingerprint density at radius 2 is 1.95 bits per heavy atom. The van der Waals surface area contributed by atoms with E-state index in [2.05, 4.69) is 26.5 Å². The standard InChI is InChI=1S/C14H10BrN3O4/c15-10-3-1-9(2-4-10)8-16-17-14(20)12-7-11(18(21)22)5-6-13(12)19/h1-8,19H,(H,17,20)/b16-8+. The SMILES string of the molecule is O=C(N/N=C/c1ccc(Br)cc1)c1cc([N+](=O)[O-])ccc1O. The van der Waals surface area contributed by atoms with E-state index in [1.54, 1.807) is 12.1 Å². The van der Waals surface area contributed by atoms with Crippen LogP contribution in [0.4, 0.5) is 5.69 Å². The quantitative estimate of drug-likeness (QED) is 0.494. The third kappa shape index (κ3) is 3.89. The number of amides is 1. The number of nitro benzene ring substituents is 1. The topological polar surface area (TPSA) is 105 Å². The molecule has 0 saturated heterocycles. The summed E-state index contributed by atoms with van der Waals surface area (Å²) in [6.07, 6.45) is 1.42. The molecule has 7 nitrogen and oxygen atoms in total. The average Bonchev–Trinajstić information content (AvgIpc) is 2.49. The minimum atomic E-state index is -0.741. The van der Waals surface area contributed by atoms with Gasteiger partial charge in [-0.05, 0) is 23.8 Å². The zero-order chi connectivity index (χ0) is 16.1. The second-order valence-corrected chi connectivity index (χ2v) is 5.12. The number of carbonyl (C=O) groups excluding carboxylic acids is 1. The van der Waals surface area contributed by atoms with E-state index in [1.165, 1.54) is 6.21 Å². The summed E-state index contributed by atoms with van der Waals surface area (Å²) in [5, 5.41) is 24.0. The van der Waals surface area contributed by atoms with Crippen molar-refractivity contribution >= 4 is 33.7 Å². The lowest BCUT2D eigenvalue weighted by atomic mass is 10.1. The number of hydrazone groups is 1. The molecule has 1 amide bonds. The minimum Gasteiger partial charge on any atom is -0.507 e. The molecule has 2 N–H and O–H groups in total. The van der Waals surface area contributed by atoms with Gasteiger partial charge < -0.3 is 5.11 Å². The van der Waals surface area contributed by atoms with E-state index in [4.69, 9.17) is 0 Å². The van der Waals surface area contributed by atoms with E-state index in [0.29, 0.717) is 0 Å². The normalized spacial score (nSPS) is 10.6. The Labute approximate surface area is 133 Å². The van der Waals surface area contributed by atoms with Crippen LogP contribution < -0.4 is 5.43 Å². The molecular formula is C14H10BrN3O4. The lowest BCUT2D eigenvalue weighted by Crippen LogP contribution is -2.17. The maximum atomic E-state index is 11.9. The van der Waals surface area contributed by atoms with Gasteiger partial charge in [-0.25, -0.2) is 5.43 Å². The summed E-state index contributed by atoms with van der Waals surface area (Å²) in [5.41, 5.74) is 2.45. The summed E-state index contributed by atoms with van der Waals surface area (Å²) in [4.78, 5) is 21.9. The number of nitrogens with zero attached hydrogens (tertiary/aromatic N) is 2. The molecule has 8 heteroatoms. The fourth-order valence-electron chi connectivity index (χ4n) is 1.59. The smallest absolute Gasteiger partial charge is 0.275 e. The van der Waals surface area contributed by atoms with Crippen LogP contribution in [0.1, 0.15) is 15.9 Å². The van der Waals surface area contributed by atoms with Gasteiger partial charge in [-0.3, -0.25) is 14.9 Å². The van der Waals surface area contributed by atoms with Crippen LogP contribution in [0.15, 0.2) is 52.0 Å². The molecule has 0 aliphatic heterocycles. The molecule has 0 unspecified atom stereocenters. The number of nitrogens with one attached hydrogen (secondary N) is 1. The largest absolute Gasteiger partial charge is 0.507 e. The van der Waals surface area contributed by atoms with Gasteiger partial charge in [0, 0.05) is 16.6 Å². The number of benzene rings is 2. The molecule has 22 heavy (non-hydrogen) atoms. The molecule has 0 spiro atoms. The average molecular weight is 364 g/mol. The van der Waals surface area contributed by atoms with Crippen molar-refractivity contribution in [3.8, 4) is 5.75 Å². The van der Waals surface area contributed by atoms with Crippen LogP contribution in [-0.2, 0) is 0 Å². The molecule has 0 atom stereocenters. The highest BCUT2D eigenvalue weighted by Crippen LogP contribution is 2.22. The maximum absolute atomic E-state index is 11.9. The minimum absolute atomic E-state index is 0.220. The molecule has 2 aromatic rings. The summed E-state index contributed by atoms with van der Waals surface area (Å²) in [6, 6.07) is 10.4. The van der Waals surface area contributed by atoms with Crippen molar-refractivity contribution in [2.24, 2.45) is 5.10 Å². The Hall–Kier alpha value is -2.74. The van der Waals surface area contributed by atoms with Crippen LogP contribution >= 0.6 is 15.9 Å². The summed E-state index contributed by atoms with van der Waals surface area (Å²) in [5.74, 6) is -1.10.